The molecule has 2 atom stereocenters. The van der Waals surface area contributed by atoms with E-state index in [1.807, 2.05) is 0 Å². The largest absolute Gasteiger partial charge is 0.481 e. The number of urea groups is 1. The van der Waals surface area contributed by atoms with Crippen LogP contribution in [0.5, 0.6) is 0 Å². The maximum atomic E-state index is 12.7. The molecule has 0 saturated heterocycles. The first-order valence-electron chi connectivity index (χ1n) is 9.65. The van der Waals surface area contributed by atoms with E-state index in [1.54, 1.807) is 30.3 Å². The van der Waals surface area contributed by atoms with E-state index >= 15 is 0 Å². The van der Waals surface area contributed by atoms with Gasteiger partial charge in [-0.1, -0.05) is 30.3 Å². The minimum Gasteiger partial charge on any atom is -0.481 e. The summed E-state index contributed by atoms with van der Waals surface area (Å²) in [5.41, 5.74) is 0.729. The normalized spacial score (nSPS) is 12.0. The van der Waals surface area contributed by atoms with Gasteiger partial charge in [-0.3, -0.25) is 19.7 Å². The van der Waals surface area contributed by atoms with Gasteiger partial charge >= 0.3 is 18.0 Å². The lowest BCUT2D eigenvalue weighted by Gasteiger charge is -2.21. The van der Waals surface area contributed by atoms with Crippen LogP contribution in [-0.2, 0) is 25.5 Å². The van der Waals surface area contributed by atoms with Crippen LogP contribution in [0.2, 0.25) is 0 Å². The van der Waals surface area contributed by atoms with Gasteiger partial charge in [0.1, 0.15) is 12.1 Å². The number of benzene rings is 2. The van der Waals surface area contributed by atoms with E-state index in [9.17, 15) is 29.3 Å². The Hall–Kier alpha value is -4.48. The second-order valence-electron chi connectivity index (χ2n) is 6.83. The van der Waals surface area contributed by atoms with Crippen molar-refractivity contribution in [2.45, 2.75) is 24.9 Å². The molecule has 174 valence electrons. The molecule has 0 heterocycles. The third kappa shape index (κ3) is 7.94. The molecule has 0 aliphatic carbocycles. The zero-order valence-electron chi connectivity index (χ0n) is 17.5. The molecule has 4 N–H and O–H groups in total. The van der Waals surface area contributed by atoms with E-state index in [-0.39, 0.29) is 17.8 Å². The first kappa shape index (κ1) is 24.8. The van der Waals surface area contributed by atoms with Crippen LogP contribution >= 0.6 is 0 Å². The molecule has 2 unspecified atom stereocenters. The third-order valence-electron chi connectivity index (χ3n) is 4.42. The number of hydrogen-bond acceptors (Lipinski definition) is 7. The lowest BCUT2D eigenvalue weighted by atomic mass is 10.1. The highest BCUT2D eigenvalue weighted by atomic mass is 16.6. The second-order valence-corrected chi connectivity index (χ2v) is 6.83. The number of amides is 3. The lowest BCUT2D eigenvalue weighted by Crippen LogP contribution is -2.53. The summed E-state index contributed by atoms with van der Waals surface area (Å²) in [6.07, 6.45) is -0.660. The number of rotatable bonds is 10. The number of aliphatic carboxylic acids is 1. The quantitative estimate of drug-likeness (QED) is 0.235. The fraction of sp³-hybridized carbons (Fsp3) is 0.238. The number of methoxy groups -OCH3 is 1. The number of carboxylic acid groups (broad SMARTS) is 1. The number of non-ortho nitro benzene ring substituents is 1. The van der Waals surface area contributed by atoms with Gasteiger partial charge in [-0.25, -0.2) is 9.59 Å². The van der Waals surface area contributed by atoms with Crippen molar-refractivity contribution < 1.29 is 33.9 Å². The smallest absolute Gasteiger partial charge is 0.328 e. The number of ether oxygens (including phenoxy) is 1. The van der Waals surface area contributed by atoms with Crippen LogP contribution in [0.4, 0.5) is 16.2 Å². The average Bonchev–Trinajstić information content (AvgIpc) is 2.78. The van der Waals surface area contributed by atoms with Crippen molar-refractivity contribution in [1.82, 2.24) is 10.6 Å². The van der Waals surface area contributed by atoms with Gasteiger partial charge in [0.05, 0.1) is 18.5 Å². The third-order valence-corrected chi connectivity index (χ3v) is 4.42. The summed E-state index contributed by atoms with van der Waals surface area (Å²) >= 11 is 0. The summed E-state index contributed by atoms with van der Waals surface area (Å²) in [7, 11) is 1.15. The number of nitrogens with one attached hydrogen (secondary N) is 3. The van der Waals surface area contributed by atoms with Crippen LogP contribution in [0.1, 0.15) is 12.0 Å². The molecule has 0 bridgehead atoms. The molecule has 0 aliphatic heterocycles. The standard InChI is InChI=1S/C21H22N4O8/c1-33-20(29)17(11-13-5-3-2-4-6-13)23-19(28)16(12-18(26)27)24-21(30)22-14-7-9-15(10-8-14)25(31)32/h2-10,16-17H,11-12H2,1H3,(H,23,28)(H,26,27)(H2,22,24,30). The van der Waals surface area contributed by atoms with E-state index in [0.29, 0.717) is 0 Å². The molecule has 12 heteroatoms. The Morgan fingerprint density at radius 1 is 1.00 bits per heavy atom. The number of carbonyl (C=O) groups is 4. The number of carbonyl (C=O) groups excluding carboxylic acids is 3. The summed E-state index contributed by atoms with van der Waals surface area (Å²) in [5, 5.41) is 26.8. The Bertz CT molecular complexity index is 1010. The zero-order valence-corrected chi connectivity index (χ0v) is 17.5. The number of carboxylic acids is 1. The molecule has 0 radical (unpaired) electrons. The Labute approximate surface area is 188 Å². The summed E-state index contributed by atoms with van der Waals surface area (Å²) in [5.74, 6) is -3.00. The number of nitro benzene ring substituents is 1. The SMILES string of the molecule is COC(=O)C(Cc1ccccc1)NC(=O)C(CC(=O)O)NC(=O)Nc1ccc([N+](=O)[O-])cc1. The van der Waals surface area contributed by atoms with Crippen LogP contribution in [0, 0.1) is 10.1 Å². The van der Waals surface area contributed by atoms with E-state index in [2.05, 4.69) is 16.0 Å². The van der Waals surface area contributed by atoms with Gasteiger partial charge in [-0.05, 0) is 17.7 Å². The Balaban J connectivity index is 2.08. The highest BCUT2D eigenvalue weighted by molar-refractivity contribution is 5.96. The van der Waals surface area contributed by atoms with E-state index in [0.717, 1.165) is 12.7 Å². The molecule has 0 spiro atoms. The molecular formula is C21H22N4O8. The Kier molecular flexibility index (Phi) is 8.85. The van der Waals surface area contributed by atoms with Crippen LogP contribution < -0.4 is 16.0 Å². The molecule has 12 nitrogen and oxygen atoms in total. The molecular weight excluding hydrogens is 436 g/mol. The highest BCUT2D eigenvalue weighted by Gasteiger charge is 2.29. The number of hydrogen-bond donors (Lipinski definition) is 4. The Morgan fingerprint density at radius 2 is 1.64 bits per heavy atom. The van der Waals surface area contributed by atoms with Gasteiger partial charge in [-0.2, -0.15) is 0 Å². The number of nitrogens with zero attached hydrogens (tertiary/aromatic N) is 1. The van der Waals surface area contributed by atoms with Crippen molar-refractivity contribution >= 4 is 35.3 Å². The van der Waals surface area contributed by atoms with Crippen molar-refractivity contribution in [2.75, 3.05) is 12.4 Å². The Morgan fingerprint density at radius 3 is 2.18 bits per heavy atom. The summed E-state index contributed by atoms with van der Waals surface area (Å²) in [6.45, 7) is 0. The minimum absolute atomic E-state index is 0.0913. The van der Waals surface area contributed by atoms with Gasteiger partial charge in [0.25, 0.3) is 5.69 Å². The average molecular weight is 458 g/mol. The number of anilines is 1. The minimum atomic E-state index is -1.51. The van der Waals surface area contributed by atoms with Crippen LogP contribution in [0.15, 0.2) is 54.6 Å². The van der Waals surface area contributed by atoms with Crippen molar-refractivity contribution in [2.24, 2.45) is 0 Å². The fourth-order valence-electron chi connectivity index (χ4n) is 2.83. The summed E-state index contributed by atoms with van der Waals surface area (Å²) in [6, 6.07) is 10.1. The number of esters is 1. The van der Waals surface area contributed by atoms with E-state index in [4.69, 9.17) is 9.84 Å². The predicted octanol–water partition coefficient (Wildman–Crippen LogP) is 1.46. The van der Waals surface area contributed by atoms with Crippen molar-refractivity contribution in [1.29, 1.82) is 0 Å². The molecule has 3 amide bonds. The summed E-state index contributed by atoms with van der Waals surface area (Å²) in [4.78, 5) is 58.4. The monoisotopic (exact) mass is 458 g/mol. The molecule has 0 saturated carbocycles. The first-order valence-corrected chi connectivity index (χ1v) is 9.65. The molecule has 2 rings (SSSR count). The highest BCUT2D eigenvalue weighted by Crippen LogP contribution is 2.15. The maximum absolute atomic E-state index is 12.7. The molecule has 0 fully saturated rings. The van der Waals surface area contributed by atoms with Gasteiger partial charge in [0.2, 0.25) is 5.91 Å². The van der Waals surface area contributed by atoms with Crippen LogP contribution in [-0.4, -0.2) is 53.1 Å². The van der Waals surface area contributed by atoms with Crippen molar-refractivity contribution in [3.8, 4) is 0 Å². The molecule has 33 heavy (non-hydrogen) atoms. The van der Waals surface area contributed by atoms with Gasteiger partial charge in [0, 0.05) is 24.2 Å². The van der Waals surface area contributed by atoms with Crippen molar-refractivity contribution in [3.05, 3.63) is 70.3 Å². The van der Waals surface area contributed by atoms with Gasteiger partial charge < -0.3 is 25.8 Å². The van der Waals surface area contributed by atoms with E-state index < -0.39 is 47.3 Å². The molecule has 0 aromatic heterocycles. The first-order chi connectivity index (χ1) is 15.7. The van der Waals surface area contributed by atoms with Crippen LogP contribution in [0.25, 0.3) is 0 Å². The zero-order chi connectivity index (χ0) is 24.4. The second kappa shape index (κ2) is 11.8. The predicted molar refractivity (Wildman–Crippen MR) is 115 cm³/mol. The van der Waals surface area contributed by atoms with Gasteiger partial charge in [-0.15, -0.1) is 0 Å². The topological polar surface area (TPSA) is 177 Å². The van der Waals surface area contributed by atoms with Crippen molar-refractivity contribution in [3.63, 3.8) is 0 Å². The maximum Gasteiger partial charge on any atom is 0.328 e. The fourth-order valence-corrected chi connectivity index (χ4v) is 2.83. The lowest BCUT2D eigenvalue weighted by molar-refractivity contribution is -0.384. The molecule has 2 aromatic rings. The van der Waals surface area contributed by atoms with Crippen LogP contribution in [0.3, 0.4) is 0 Å². The molecule has 2 aromatic carbocycles. The van der Waals surface area contributed by atoms with Gasteiger partial charge in [0.15, 0.2) is 0 Å². The summed E-state index contributed by atoms with van der Waals surface area (Å²) < 4.78 is 4.72. The molecule has 0 aliphatic rings. The van der Waals surface area contributed by atoms with E-state index in [1.165, 1.54) is 24.3 Å². The number of nitro groups is 1.